The predicted molar refractivity (Wildman–Crippen MR) is 88.3 cm³/mol. The predicted octanol–water partition coefficient (Wildman–Crippen LogP) is 2.79. The van der Waals surface area contributed by atoms with Crippen molar-refractivity contribution in [2.75, 3.05) is 12.4 Å². The normalized spacial score (nSPS) is 11.0. The van der Waals surface area contributed by atoms with E-state index >= 15 is 0 Å². The van der Waals surface area contributed by atoms with Gasteiger partial charge in [0.2, 0.25) is 0 Å². The van der Waals surface area contributed by atoms with Gasteiger partial charge in [-0.25, -0.2) is 0 Å². The van der Waals surface area contributed by atoms with Crippen LogP contribution in [-0.4, -0.2) is 25.4 Å². The summed E-state index contributed by atoms with van der Waals surface area (Å²) in [5.74, 6) is 0.355. The molecular formula is C18H16N2O4. The maximum absolute atomic E-state index is 12.2. The fourth-order valence-corrected chi connectivity index (χ4v) is 2.01. The van der Waals surface area contributed by atoms with E-state index in [0.717, 1.165) is 0 Å². The van der Waals surface area contributed by atoms with Gasteiger partial charge in [-0.05, 0) is 43.3 Å². The van der Waals surface area contributed by atoms with Crippen molar-refractivity contribution in [3.63, 3.8) is 0 Å². The molecule has 0 aromatic heterocycles. The molecule has 1 atom stereocenters. The number of carbonyl (C=O) groups excluding carboxylic acids is 2. The summed E-state index contributed by atoms with van der Waals surface area (Å²) in [6.07, 6.45) is -0.100. The first-order chi connectivity index (χ1) is 11.6. The van der Waals surface area contributed by atoms with Crippen LogP contribution in [0, 0.1) is 11.3 Å². The summed E-state index contributed by atoms with van der Waals surface area (Å²) in [5, 5.41) is 11.6. The average Bonchev–Trinajstić information content (AvgIpc) is 2.62. The largest absolute Gasteiger partial charge is 0.493 e. The molecule has 0 saturated carbocycles. The minimum absolute atomic E-state index is 0.358. The molecule has 0 bridgehead atoms. The molecule has 2 aromatic rings. The number of ether oxygens (including phenoxy) is 2. The van der Waals surface area contributed by atoms with Gasteiger partial charge in [0.1, 0.15) is 6.29 Å². The van der Waals surface area contributed by atoms with Gasteiger partial charge in [0.05, 0.1) is 18.7 Å². The molecule has 0 saturated heterocycles. The average molecular weight is 324 g/mol. The van der Waals surface area contributed by atoms with Crippen LogP contribution >= 0.6 is 0 Å². The minimum Gasteiger partial charge on any atom is -0.493 e. The Morgan fingerprint density at radius 1 is 1.25 bits per heavy atom. The third-order valence-corrected chi connectivity index (χ3v) is 3.26. The lowest BCUT2D eigenvalue weighted by atomic mass is 10.2. The molecule has 0 aliphatic rings. The van der Waals surface area contributed by atoms with Crippen LogP contribution in [0.4, 0.5) is 5.69 Å². The highest BCUT2D eigenvalue weighted by atomic mass is 16.5. The fraction of sp³-hybridized carbons (Fsp3) is 0.167. The van der Waals surface area contributed by atoms with E-state index in [9.17, 15) is 9.59 Å². The number of amides is 1. The minimum atomic E-state index is -0.799. The van der Waals surface area contributed by atoms with Gasteiger partial charge in [-0.1, -0.05) is 6.07 Å². The summed E-state index contributed by atoms with van der Waals surface area (Å²) in [6.45, 7) is 1.59. The Morgan fingerprint density at radius 3 is 2.71 bits per heavy atom. The summed E-state index contributed by atoms with van der Waals surface area (Å²) in [6, 6.07) is 13.3. The first kappa shape index (κ1) is 17.0. The number of rotatable bonds is 6. The van der Waals surface area contributed by atoms with Gasteiger partial charge in [-0.3, -0.25) is 9.59 Å². The van der Waals surface area contributed by atoms with Gasteiger partial charge >= 0.3 is 0 Å². The van der Waals surface area contributed by atoms with E-state index in [4.69, 9.17) is 14.7 Å². The molecule has 0 fully saturated rings. The molecule has 0 aliphatic carbocycles. The maximum atomic E-state index is 12.2. The number of nitrogens with zero attached hydrogens (tertiary/aromatic N) is 1. The summed E-state index contributed by atoms with van der Waals surface area (Å²) >= 11 is 0. The van der Waals surface area contributed by atoms with Crippen molar-refractivity contribution >= 4 is 17.9 Å². The monoisotopic (exact) mass is 324 g/mol. The molecule has 2 rings (SSSR count). The van der Waals surface area contributed by atoms with Crippen LogP contribution in [0.25, 0.3) is 0 Å². The highest BCUT2D eigenvalue weighted by molar-refractivity contribution is 5.94. The lowest BCUT2D eigenvalue weighted by Crippen LogP contribution is -2.30. The first-order valence-corrected chi connectivity index (χ1v) is 7.18. The Balaban J connectivity index is 2.08. The number of nitriles is 1. The van der Waals surface area contributed by atoms with Crippen LogP contribution in [0.1, 0.15) is 22.8 Å². The number of anilines is 1. The quantitative estimate of drug-likeness (QED) is 0.825. The second-order valence-electron chi connectivity index (χ2n) is 4.97. The lowest BCUT2D eigenvalue weighted by molar-refractivity contribution is -0.122. The molecule has 0 radical (unpaired) electrons. The van der Waals surface area contributed by atoms with Gasteiger partial charge < -0.3 is 14.8 Å². The highest BCUT2D eigenvalue weighted by Crippen LogP contribution is 2.28. The molecule has 0 heterocycles. The zero-order valence-electron chi connectivity index (χ0n) is 13.3. The van der Waals surface area contributed by atoms with Crippen molar-refractivity contribution in [2.24, 2.45) is 0 Å². The van der Waals surface area contributed by atoms with Crippen LogP contribution in [0.3, 0.4) is 0 Å². The lowest BCUT2D eigenvalue weighted by Gasteiger charge is -2.17. The van der Waals surface area contributed by atoms with E-state index in [1.807, 2.05) is 6.07 Å². The second kappa shape index (κ2) is 7.79. The van der Waals surface area contributed by atoms with Crippen molar-refractivity contribution in [3.8, 4) is 17.6 Å². The summed E-state index contributed by atoms with van der Waals surface area (Å²) in [5.41, 5.74) is 1.41. The van der Waals surface area contributed by atoms with E-state index in [0.29, 0.717) is 34.6 Å². The van der Waals surface area contributed by atoms with Gasteiger partial charge in [-0.2, -0.15) is 5.26 Å². The maximum Gasteiger partial charge on any atom is 0.265 e. The van der Waals surface area contributed by atoms with E-state index in [1.165, 1.54) is 13.2 Å². The van der Waals surface area contributed by atoms with Crippen molar-refractivity contribution in [3.05, 3.63) is 53.6 Å². The van der Waals surface area contributed by atoms with E-state index in [-0.39, 0.29) is 5.91 Å². The van der Waals surface area contributed by atoms with Gasteiger partial charge in [-0.15, -0.1) is 0 Å². The van der Waals surface area contributed by atoms with Crippen molar-refractivity contribution in [1.82, 2.24) is 0 Å². The third kappa shape index (κ3) is 4.11. The Bertz CT molecular complexity index is 796. The highest BCUT2D eigenvalue weighted by Gasteiger charge is 2.17. The number of aldehydes is 1. The number of nitrogens with one attached hydrogen (secondary N) is 1. The third-order valence-electron chi connectivity index (χ3n) is 3.26. The van der Waals surface area contributed by atoms with Gasteiger partial charge in [0, 0.05) is 11.3 Å². The summed E-state index contributed by atoms with van der Waals surface area (Å²) in [4.78, 5) is 23.0. The Morgan fingerprint density at radius 2 is 2.04 bits per heavy atom. The first-order valence-electron chi connectivity index (χ1n) is 7.18. The molecule has 2 aromatic carbocycles. The van der Waals surface area contributed by atoms with Crippen LogP contribution < -0.4 is 14.8 Å². The number of hydrogen-bond acceptors (Lipinski definition) is 5. The SMILES string of the molecule is COc1cc(C=O)ccc1O[C@@H](C)C(=O)Nc1cccc(C#N)c1. The van der Waals surface area contributed by atoms with Crippen LogP contribution in [0.15, 0.2) is 42.5 Å². The zero-order valence-corrected chi connectivity index (χ0v) is 13.3. The molecule has 1 N–H and O–H groups in total. The topological polar surface area (TPSA) is 88.4 Å². The molecule has 122 valence electrons. The summed E-state index contributed by atoms with van der Waals surface area (Å²) in [7, 11) is 1.45. The van der Waals surface area contributed by atoms with Crippen molar-refractivity contribution in [2.45, 2.75) is 13.0 Å². The number of methoxy groups -OCH3 is 1. The molecule has 24 heavy (non-hydrogen) atoms. The number of hydrogen-bond donors (Lipinski definition) is 1. The molecule has 1 amide bonds. The molecule has 0 aliphatic heterocycles. The molecule has 6 heteroatoms. The zero-order chi connectivity index (χ0) is 17.5. The van der Waals surface area contributed by atoms with Crippen LogP contribution in [-0.2, 0) is 4.79 Å². The molecule has 0 unspecified atom stereocenters. The summed E-state index contributed by atoms with van der Waals surface area (Å²) < 4.78 is 10.8. The number of carbonyl (C=O) groups is 2. The van der Waals surface area contributed by atoms with Crippen LogP contribution in [0.5, 0.6) is 11.5 Å². The Kier molecular flexibility index (Phi) is 5.53. The van der Waals surface area contributed by atoms with E-state index < -0.39 is 6.10 Å². The van der Waals surface area contributed by atoms with E-state index in [2.05, 4.69) is 5.32 Å². The Hall–Kier alpha value is -3.33. The molecular weight excluding hydrogens is 308 g/mol. The number of benzene rings is 2. The van der Waals surface area contributed by atoms with Gasteiger partial charge in [0.25, 0.3) is 5.91 Å². The van der Waals surface area contributed by atoms with Crippen molar-refractivity contribution < 1.29 is 19.1 Å². The van der Waals surface area contributed by atoms with Crippen LogP contribution in [0.2, 0.25) is 0 Å². The molecule has 6 nitrogen and oxygen atoms in total. The van der Waals surface area contributed by atoms with Gasteiger partial charge in [0.15, 0.2) is 17.6 Å². The van der Waals surface area contributed by atoms with Crippen molar-refractivity contribution in [1.29, 1.82) is 5.26 Å². The standard InChI is InChI=1S/C18H16N2O4/c1-12(18(22)20-15-5-3-4-13(8-15)10-19)24-16-7-6-14(11-21)9-17(16)23-2/h3-9,11-12H,1-2H3,(H,20,22)/t12-/m0/s1. The smallest absolute Gasteiger partial charge is 0.265 e. The fourth-order valence-electron chi connectivity index (χ4n) is 2.01. The Labute approximate surface area is 139 Å². The van der Waals surface area contributed by atoms with E-state index in [1.54, 1.807) is 43.3 Å². The second-order valence-corrected chi connectivity index (χ2v) is 4.97. The molecule has 0 spiro atoms.